The molecule has 1 saturated heterocycles. The number of nitrogens with one attached hydrogen (secondary N) is 1. The minimum absolute atomic E-state index is 0.0873. The summed E-state index contributed by atoms with van der Waals surface area (Å²) in [5.74, 6) is 0.229. The van der Waals surface area contributed by atoms with Gasteiger partial charge in [-0.2, -0.15) is 0 Å². The van der Waals surface area contributed by atoms with Gasteiger partial charge in [0.05, 0.1) is 4.90 Å². The third-order valence-electron chi connectivity index (χ3n) is 6.09. The Morgan fingerprint density at radius 1 is 1.19 bits per heavy atom. The lowest BCUT2D eigenvalue weighted by Crippen LogP contribution is -2.66. The molecule has 0 saturated carbocycles. The molecule has 1 heterocycles. The van der Waals surface area contributed by atoms with E-state index in [-0.39, 0.29) is 28.1 Å². The van der Waals surface area contributed by atoms with Crippen molar-refractivity contribution >= 4 is 10.0 Å². The van der Waals surface area contributed by atoms with Gasteiger partial charge in [0.2, 0.25) is 10.0 Å². The van der Waals surface area contributed by atoms with Crippen LogP contribution in [0.15, 0.2) is 53.4 Å². The summed E-state index contributed by atoms with van der Waals surface area (Å²) in [6.45, 7) is 3.02. The van der Waals surface area contributed by atoms with Crippen LogP contribution in [-0.2, 0) is 21.9 Å². The lowest BCUT2D eigenvalue weighted by molar-refractivity contribution is 0.0777. The molecule has 4 rings (SSSR count). The summed E-state index contributed by atoms with van der Waals surface area (Å²) in [6, 6.07) is 13.8. The minimum Gasteiger partial charge on any atom is -0.508 e. The predicted octanol–water partition coefficient (Wildman–Crippen LogP) is 2.26. The molecule has 0 spiro atoms. The van der Waals surface area contributed by atoms with Gasteiger partial charge >= 0.3 is 0 Å². The van der Waals surface area contributed by atoms with Gasteiger partial charge in [-0.25, -0.2) is 13.1 Å². The number of nitrogens with zero attached hydrogens (tertiary/aromatic N) is 1. The molecule has 2 aliphatic rings. The third kappa shape index (κ3) is 2.73. The van der Waals surface area contributed by atoms with Crippen molar-refractivity contribution in [2.24, 2.45) is 0 Å². The highest BCUT2D eigenvalue weighted by Crippen LogP contribution is 2.45. The number of benzene rings is 2. The van der Waals surface area contributed by atoms with Crippen molar-refractivity contribution in [1.82, 2.24) is 9.62 Å². The molecule has 6 heteroatoms. The van der Waals surface area contributed by atoms with Crippen LogP contribution in [0.5, 0.6) is 5.75 Å². The van der Waals surface area contributed by atoms with Gasteiger partial charge in [-0.15, -0.1) is 0 Å². The van der Waals surface area contributed by atoms with Gasteiger partial charge in [-0.3, -0.25) is 0 Å². The molecule has 0 amide bonds. The molecule has 0 aromatic heterocycles. The van der Waals surface area contributed by atoms with E-state index in [0.717, 1.165) is 24.9 Å². The summed E-state index contributed by atoms with van der Waals surface area (Å²) < 4.78 is 29.0. The van der Waals surface area contributed by atoms with Crippen molar-refractivity contribution < 1.29 is 13.5 Å². The van der Waals surface area contributed by atoms with E-state index >= 15 is 0 Å². The van der Waals surface area contributed by atoms with Gasteiger partial charge in [0, 0.05) is 17.5 Å². The number of likely N-dealkylation sites (tertiary alicyclic amines) is 1. The van der Waals surface area contributed by atoms with E-state index in [4.69, 9.17) is 0 Å². The fourth-order valence-corrected chi connectivity index (χ4v) is 5.93. The Kier molecular flexibility index (Phi) is 4.10. The molecular weight excluding hydrogens is 348 g/mol. The van der Waals surface area contributed by atoms with Crippen LogP contribution in [0.4, 0.5) is 0 Å². The number of rotatable bonds is 3. The Morgan fingerprint density at radius 3 is 2.65 bits per heavy atom. The Hall–Kier alpha value is -1.89. The Labute approximate surface area is 154 Å². The molecule has 1 aliphatic carbocycles. The van der Waals surface area contributed by atoms with Crippen LogP contribution in [0.1, 0.15) is 24.5 Å². The number of hydrogen-bond donors (Lipinski definition) is 2. The SMILES string of the molecule is CN1CC[C@@]2(C)c3cc(O)ccc3C[C@@H]1[C@H]2NS(=O)(=O)c1ccccc1. The van der Waals surface area contributed by atoms with Gasteiger partial charge in [0.15, 0.2) is 0 Å². The van der Waals surface area contributed by atoms with Gasteiger partial charge in [0.25, 0.3) is 0 Å². The second kappa shape index (κ2) is 6.08. The van der Waals surface area contributed by atoms with Gasteiger partial charge < -0.3 is 10.0 Å². The fourth-order valence-electron chi connectivity index (χ4n) is 4.53. The Bertz CT molecular complexity index is 929. The summed E-state index contributed by atoms with van der Waals surface area (Å²) in [4.78, 5) is 2.53. The molecule has 1 fully saturated rings. The molecular formula is C20H24N2O3S. The van der Waals surface area contributed by atoms with Crippen LogP contribution < -0.4 is 4.72 Å². The molecule has 0 unspecified atom stereocenters. The quantitative estimate of drug-likeness (QED) is 0.867. The highest BCUT2D eigenvalue weighted by Gasteiger charge is 2.51. The van der Waals surface area contributed by atoms with Crippen LogP contribution in [-0.4, -0.2) is 44.1 Å². The normalized spacial score (nSPS) is 28.5. The lowest BCUT2D eigenvalue weighted by atomic mass is 9.62. The number of phenolic OH excluding ortho intramolecular Hbond substituents is 1. The van der Waals surface area contributed by atoms with E-state index in [1.54, 1.807) is 36.4 Å². The van der Waals surface area contributed by atoms with E-state index < -0.39 is 10.0 Å². The maximum atomic E-state index is 13.0. The first kappa shape index (κ1) is 17.5. The first-order chi connectivity index (χ1) is 12.3. The zero-order chi connectivity index (χ0) is 18.5. The first-order valence-corrected chi connectivity index (χ1v) is 10.4. The molecule has 26 heavy (non-hydrogen) atoms. The van der Waals surface area contributed by atoms with Crippen molar-refractivity contribution in [3.8, 4) is 5.75 Å². The second-order valence-electron chi connectivity index (χ2n) is 7.67. The summed E-state index contributed by atoms with van der Waals surface area (Å²) in [7, 11) is -1.56. The third-order valence-corrected chi connectivity index (χ3v) is 7.55. The van der Waals surface area contributed by atoms with Crippen LogP contribution in [0.25, 0.3) is 0 Å². The molecule has 3 atom stereocenters. The predicted molar refractivity (Wildman–Crippen MR) is 101 cm³/mol. The topological polar surface area (TPSA) is 69.6 Å². The smallest absolute Gasteiger partial charge is 0.240 e. The number of likely N-dealkylation sites (N-methyl/N-ethyl adjacent to an activating group) is 1. The molecule has 2 aromatic carbocycles. The zero-order valence-corrected chi connectivity index (χ0v) is 15.8. The standard InChI is InChI=1S/C20H24N2O3S/c1-20-10-11-22(2)18(12-14-8-9-15(23)13-17(14)20)19(20)21-26(24,25)16-6-4-3-5-7-16/h3-9,13,18-19,21,23H,10-12H2,1-2H3/t18-,19-,20+/m1/s1. The maximum absolute atomic E-state index is 13.0. The number of sulfonamides is 1. The number of hydrogen-bond acceptors (Lipinski definition) is 4. The maximum Gasteiger partial charge on any atom is 0.240 e. The van der Waals surface area contributed by atoms with Crippen LogP contribution >= 0.6 is 0 Å². The molecule has 1 aliphatic heterocycles. The van der Waals surface area contributed by atoms with E-state index in [1.807, 2.05) is 12.1 Å². The molecule has 0 radical (unpaired) electrons. The molecule has 138 valence electrons. The van der Waals surface area contributed by atoms with Gasteiger partial charge in [0.1, 0.15) is 5.75 Å². The number of fused-ring (bicyclic) bond motifs is 4. The molecule has 2 N–H and O–H groups in total. The fraction of sp³-hybridized carbons (Fsp3) is 0.400. The van der Waals surface area contributed by atoms with Crippen molar-refractivity contribution in [2.45, 2.75) is 42.2 Å². The number of phenols is 1. The molecule has 2 bridgehead atoms. The van der Waals surface area contributed by atoms with E-state index in [1.165, 1.54) is 5.56 Å². The molecule has 5 nitrogen and oxygen atoms in total. The summed E-state index contributed by atoms with van der Waals surface area (Å²) in [6.07, 6.45) is 1.60. The van der Waals surface area contributed by atoms with Crippen molar-refractivity contribution in [3.05, 3.63) is 59.7 Å². The second-order valence-corrected chi connectivity index (χ2v) is 9.39. The molecule has 2 aromatic rings. The van der Waals surface area contributed by atoms with E-state index in [2.05, 4.69) is 23.6 Å². The van der Waals surface area contributed by atoms with Crippen LogP contribution in [0.3, 0.4) is 0 Å². The van der Waals surface area contributed by atoms with Crippen LogP contribution in [0.2, 0.25) is 0 Å². The summed E-state index contributed by atoms with van der Waals surface area (Å²) in [5, 5.41) is 10.00. The summed E-state index contributed by atoms with van der Waals surface area (Å²) >= 11 is 0. The van der Waals surface area contributed by atoms with Gasteiger partial charge in [-0.05, 0) is 61.8 Å². The monoisotopic (exact) mass is 372 g/mol. The lowest BCUT2D eigenvalue weighted by Gasteiger charge is -2.54. The largest absolute Gasteiger partial charge is 0.508 e. The average molecular weight is 372 g/mol. The number of piperidine rings is 1. The minimum atomic E-state index is -3.62. The van der Waals surface area contributed by atoms with Gasteiger partial charge in [-0.1, -0.05) is 31.2 Å². The number of aromatic hydroxyl groups is 1. The van der Waals surface area contributed by atoms with Crippen LogP contribution in [0, 0.1) is 0 Å². The highest BCUT2D eigenvalue weighted by atomic mass is 32.2. The average Bonchev–Trinajstić information content (AvgIpc) is 2.62. The van der Waals surface area contributed by atoms with E-state index in [9.17, 15) is 13.5 Å². The van der Waals surface area contributed by atoms with Crippen molar-refractivity contribution in [1.29, 1.82) is 0 Å². The van der Waals surface area contributed by atoms with Crippen molar-refractivity contribution in [2.75, 3.05) is 13.6 Å². The first-order valence-electron chi connectivity index (χ1n) is 8.91. The Morgan fingerprint density at radius 2 is 1.92 bits per heavy atom. The Balaban J connectivity index is 1.78. The summed E-state index contributed by atoms with van der Waals surface area (Å²) in [5.41, 5.74) is 1.89. The zero-order valence-electron chi connectivity index (χ0n) is 15.0. The van der Waals surface area contributed by atoms with Crippen molar-refractivity contribution in [3.63, 3.8) is 0 Å². The highest BCUT2D eigenvalue weighted by molar-refractivity contribution is 7.89. The van der Waals surface area contributed by atoms with E-state index in [0.29, 0.717) is 0 Å².